The number of hydrogen-bond acceptors (Lipinski definition) is 5. The Balaban J connectivity index is 1.46. The molecular weight excluding hydrogens is 698 g/mol. The van der Waals surface area contributed by atoms with Crippen LogP contribution in [0.1, 0.15) is 18.1 Å². The molecule has 13 heteroatoms. The number of ether oxygens (including phenoxy) is 1. The number of nitrogens with zero attached hydrogens (tertiary/aromatic N) is 2. The molecule has 4 aromatic rings. The number of thioether (sulfide) groups is 1. The van der Waals surface area contributed by atoms with Crippen LogP contribution in [0.4, 0.5) is 17.1 Å². The normalized spacial score (nSPS) is 16.1. The first-order chi connectivity index (χ1) is 21.4. The first-order valence-electron chi connectivity index (χ1n) is 13.5. The summed E-state index contributed by atoms with van der Waals surface area (Å²) in [7, 11) is 0. The quantitative estimate of drug-likeness (QED) is 0.189. The monoisotopic (exact) mass is 720 g/mol. The van der Waals surface area contributed by atoms with Crippen LogP contribution >= 0.6 is 69.8 Å². The van der Waals surface area contributed by atoms with Crippen molar-refractivity contribution in [2.24, 2.45) is 4.99 Å². The van der Waals surface area contributed by atoms with E-state index in [0.717, 1.165) is 11.1 Å². The minimum Gasteiger partial charge on any atom is -0.479 e. The fourth-order valence-electron chi connectivity index (χ4n) is 4.38. The predicted octanol–water partition coefficient (Wildman–Crippen LogP) is 9.72. The second-order valence-electron chi connectivity index (χ2n) is 10.1. The number of para-hydroxylation sites is 1. The van der Waals surface area contributed by atoms with Gasteiger partial charge in [0.1, 0.15) is 22.5 Å². The molecule has 2 N–H and O–H groups in total. The molecule has 0 bridgehead atoms. The van der Waals surface area contributed by atoms with Crippen molar-refractivity contribution in [1.29, 1.82) is 0 Å². The van der Waals surface area contributed by atoms with Crippen LogP contribution in [0, 0.1) is 13.8 Å². The Morgan fingerprint density at radius 2 is 1.58 bits per heavy atom. The molecule has 1 fully saturated rings. The topological polar surface area (TPSA) is 83.0 Å². The lowest BCUT2D eigenvalue weighted by Crippen LogP contribution is -2.36. The Bertz CT molecular complexity index is 1810. The van der Waals surface area contributed by atoms with Crippen LogP contribution < -0.4 is 20.5 Å². The number of halogens is 5. The molecule has 2 amide bonds. The molecule has 1 heterocycles. The minimum atomic E-state index is -0.900. The number of amidine groups is 1. The van der Waals surface area contributed by atoms with Crippen LogP contribution in [0.25, 0.3) is 0 Å². The molecule has 0 aromatic heterocycles. The van der Waals surface area contributed by atoms with E-state index in [-0.39, 0.29) is 21.6 Å². The Hall–Kier alpha value is -3.11. The number of aliphatic imine (C=N–C) groups is 1. The molecule has 0 saturated carbocycles. The number of hydrazine groups is 1. The van der Waals surface area contributed by atoms with E-state index in [9.17, 15) is 9.59 Å². The van der Waals surface area contributed by atoms with Crippen LogP contribution in [0.2, 0.25) is 25.1 Å². The average molecular weight is 723 g/mol. The molecule has 7 nitrogen and oxygen atoms in total. The summed E-state index contributed by atoms with van der Waals surface area (Å²) < 4.78 is 5.84. The fraction of sp³-hybridized carbons (Fsp3) is 0.156. The molecule has 0 aliphatic carbocycles. The predicted molar refractivity (Wildman–Crippen MR) is 186 cm³/mol. The summed E-state index contributed by atoms with van der Waals surface area (Å²) >= 11 is 33.1. The molecule has 5 rings (SSSR count). The lowest BCUT2D eigenvalue weighted by Gasteiger charge is -2.19. The smallest absolute Gasteiger partial charge is 0.267 e. The molecule has 1 aliphatic heterocycles. The highest BCUT2D eigenvalue weighted by Crippen LogP contribution is 2.41. The zero-order valence-corrected chi connectivity index (χ0v) is 28.6. The molecule has 1 saturated heterocycles. The summed E-state index contributed by atoms with van der Waals surface area (Å²) in [4.78, 5) is 32.6. The van der Waals surface area contributed by atoms with Crippen molar-refractivity contribution < 1.29 is 14.3 Å². The molecular formula is C32H25Cl5N4O3S. The maximum Gasteiger partial charge on any atom is 0.267 e. The molecule has 232 valence electrons. The van der Waals surface area contributed by atoms with E-state index < -0.39 is 23.2 Å². The first-order valence-corrected chi connectivity index (χ1v) is 16.3. The van der Waals surface area contributed by atoms with Crippen molar-refractivity contribution >= 4 is 104 Å². The number of amides is 2. The van der Waals surface area contributed by atoms with E-state index in [1.54, 1.807) is 49.4 Å². The highest BCUT2D eigenvalue weighted by Gasteiger charge is 2.41. The third-order valence-electron chi connectivity index (χ3n) is 6.62. The van der Waals surface area contributed by atoms with E-state index in [4.69, 9.17) is 67.7 Å². The van der Waals surface area contributed by atoms with Gasteiger partial charge in [0.2, 0.25) is 0 Å². The van der Waals surface area contributed by atoms with Crippen LogP contribution in [-0.4, -0.2) is 29.0 Å². The molecule has 45 heavy (non-hydrogen) atoms. The SMILES string of the molecule is Cc1ccc(OC(C)C(=O)Nc2ccccc2SC2C(=O)N(c3c(Cl)cc(Cl)cc3Cl)NC2=Nc2cc(C)ccc2Cl)c(Cl)c1. The Morgan fingerprint density at radius 1 is 0.911 bits per heavy atom. The van der Waals surface area contributed by atoms with Gasteiger partial charge in [-0.2, -0.15) is 0 Å². The van der Waals surface area contributed by atoms with Gasteiger partial charge in [-0.15, -0.1) is 11.8 Å². The summed E-state index contributed by atoms with van der Waals surface area (Å²) in [5.41, 5.74) is 6.13. The second kappa shape index (κ2) is 14.1. The Morgan fingerprint density at radius 3 is 2.29 bits per heavy atom. The van der Waals surface area contributed by atoms with E-state index in [1.165, 1.54) is 28.9 Å². The zero-order chi connectivity index (χ0) is 32.4. The highest BCUT2D eigenvalue weighted by atomic mass is 35.5. The second-order valence-corrected chi connectivity index (χ2v) is 13.3. The molecule has 0 radical (unpaired) electrons. The molecule has 1 aliphatic rings. The fourth-order valence-corrected chi connectivity index (χ4v) is 6.89. The van der Waals surface area contributed by atoms with Crippen LogP contribution in [0.5, 0.6) is 5.75 Å². The zero-order valence-electron chi connectivity index (χ0n) is 24.0. The van der Waals surface area contributed by atoms with Crippen molar-refractivity contribution in [2.75, 3.05) is 10.3 Å². The summed E-state index contributed by atoms with van der Waals surface area (Å²) in [5, 5.41) is 4.71. The van der Waals surface area contributed by atoms with Crippen molar-refractivity contribution in [3.8, 4) is 5.75 Å². The van der Waals surface area contributed by atoms with E-state index in [2.05, 4.69) is 10.7 Å². The van der Waals surface area contributed by atoms with E-state index >= 15 is 0 Å². The number of benzene rings is 4. The van der Waals surface area contributed by atoms with E-state index in [1.807, 2.05) is 32.0 Å². The molecule has 2 atom stereocenters. The average Bonchev–Trinajstić information content (AvgIpc) is 3.26. The van der Waals surface area contributed by atoms with Gasteiger partial charge in [-0.05, 0) is 80.4 Å². The standard InChI is InChI=1S/C32H25Cl5N4O3S/c1-16-9-11-26(21(35)12-16)44-18(3)31(42)39-24-6-4-5-7-27(24)45-29-30(38-25-13-17(2)8-10-20(25)34)40-41(32(29)43)28-22(36)14-19(33)15-23(28)37/h4-15,18,29H,1-3H3,(H,38,40)(H,39,42). The third kappa shape index (κ3) is 7.65. The lowest BCUT2D eigenvalue weighted by molar-refractivity contribution is -0.122. The van der Waals surface area contributed by atoms with Crippen LogP contribution in [0.3, 0.4) is 0 Å². The lowest BCUT2D eigenvalue weighted by atomic mass is 10.2. The van der Waals surface area contributed by atoms with Gasteiger partial charge in [-0.3, -0.25) is 15.0 Å². The summed E-state index contributed by atoms with van der Waals surface area (Å²) in [6.45, 7) is 5.45. The van der Waals surface area contributed by atoms with Crippen molar-refractivity contribution in [2.45, 2.75) is 37.0 Å². The van der Waals surface area contributed by atoms with Gasteiger partial charge in [-0.25, -0.2) is 10.0 Å². The molecule has 0 spiro atoms. The third-order valence-corrected chi connectivity index (χ3v) is 9.30. The number of anilines is 2. The molecule has 4 aromatic carbocycles. The molecule has 2 unspecified atom stereocenters. The van der Waals surface area contributed by atoms with Crippen LogP contribution in [0.15, 0.2) is 82.7 Å². The highest BCUT2D eigenvalue weighted by molar-refractivity contribution is 8.01. The maximum atomic E-state index is 14.0. The summed E-state index contributed by atoms with van der Waals surface area (Å²) in [5.74, 6) is -0.130. The number of carbonyl (C=O) groups is 2. The number of carbonyl (C=O) groups excluding carboxylic acids is 2. The van der Waals surface area contributed by atoms with Crippen LogP contribution in [-0.2, 0) is 9.59 Å². The summed E-state index contributed by atoms with van der Waals surface area (Å²) in [6.07, 6.45) is -0.872. The number of rotatable bonds is 8. The van der Waals surface area contributed by atoms with Gasteiger partial charge in [0.25, 0.3) is 11.8 Å². The van der Waals surface area contributed by atoms with E-state index in [0.29, 0.717) is 37.1 Å². The van der Waals surface area contributed by atoms with Crippen molar-refractivity contribution in [1.82, 2.24) is 5.43 Å². The van der Waals surface area contributed by atoms with Gasteiger partial charge in [0, 0.05) is 9.92 Å². The Kier molecular flexibility index (Phi) is 10.4. The first kappa shape index (κ1) is 33.3. The van der Waals surface area contributed by atoms with Crippen molar-refractivity contribution in [3.63, 3.8) is 0 Å². The maximum absolute atomic E-state index is 14.0. The summed E-state index contributed by atoms with van der Waals surface area (Å²) in [6, 6.07) is 20.8. The van der Waals surface area contributed by atoms with Gasteiger partial charge >= 0.3 is 0 Å². The van der Waals surface area contributed by atoms with Gasteiger partial charge in [0.05, 0.1) is 31.5 Å². The minimum absolute atomic E-state index is 0.169. The van der Waals surface area contributed by atoms with Gasteiger partial charge in [0.15, 0.2) is 6.10 Å². The van der Waals surface area contributed by atoms with Gasteiger partial charge in [-0.1, -0.05) is 82.3 Å². The number of hydrogen-bond donors (Lipinski definition) is 2. The number of nitrogens with one attached hydrogen (secondary N) is 2. The van der Waals surface area contributed by atoms with Gasteiger partial charge < -0.3 is 10.1 Å². The largest absolute Gasteiger partial charge is 0.479 e. The Labute approximate surface area is 289 Å². The van der Waals surface area contributed by atoms with Crippen molar-refractivity contribution in [3.05, 3.63) is 109 Å². The number of aryl methyl sites for hydroxylation is 2.